The third-order valence-corrected chi connectivity index (χ3v) is 5.45. The van der Waals surface area contributed by atoms with E-state index in [0.717, 1.165) is 24.1 Å². The highest BCUT2D eigenvalue weighted by molar-refractivity contribution is 7.18. The highest BCUT2D eigenvalue weighted by Gasteiger charge is 2.11. The number of hydrogen-bond acceptors (Lipinski definition) is 5. The average Bonchev–Trinajstić information content (AvgIpc) is 3.01. The molecular weight excluding hydrogens is 334 g/mol. The zero-order valence-corrected chi connectivity index (χ0v) is 16.5. The van der Waals surface area contributed by atoms with Crippen LogP contribution in [0.5, 0.6) is 6.08 Å². The van der Waals surface area contributed by atoms with Gasteiger partial charge < -0.3 is 9.15 Å². The molecule has 0 aliphatic rings. The van der Waals surface area contributed by atoms with Crippen LogP contribution < -0.4 is 10.4 Å². The van der Waals surface area contributed by atoms with Crippen molar-refractivity contribution in [3.63, 3.8) is 0 Å². The Morgan fingerprint density at radius 1 is 1.00 bits per heavy atom. The van der Waals surface area contributed by atoms with Crippen molar-refractivity contribution < 1.29 is 9.15 Å². The lowest BCUT2D eigenvalue weighted by atomic mass is 10.1. The maximum absolute atomic E-state index is 12.1. The van der Waals surface area contributed by atoms with E-state index in [1.54, 1.807) is 11.3 Å². The Kier molecular flexibility index (Phi) is 9.02. The van der Waals surface area contributed by atoms with Gasteiger partial charge in [-0.25, -0.2) is 4.79 Å². The molecular formula is C20H31NO3S. The van der Waals surface area contributed by atoms with E-state index in [1.165, 1.54) is 56.2 Å². The van der Waals surface area contributed by atoms with Crippen LogP contribution in [0.3, 0.4) is 0 Å². The van der Waals surface area contributed by atoms with E-state index in [1.807, 2.05) is 6.07 Å². The summed E-state index contributed by atoms with van der Waals surface area (Å²) < 4.78 is 10.7. The van der Waals surface area contributed by atoms with Gasteiger partial charge in [0.2, 0.25) is 0 Å². The summed E-state index contributed by atoms with van der Waals surface area (Å²) in [6.45, 7) is 4.96. The molecule has 4 nitrogen and oxygen atoms in total. The standard InChI is InChI=1S/C20H31NO3S/c1-3-5-7-9-10-11-13-16-15-17-18(25-16)21-20(24-19(17)22)23-14-12-8-6-4-2/h15H,3-14H2,1-2H3. The van der Waals surface area contributed by atoms with Crippen LogP contribution in [0.4, 0.5) is 0 Å². The van der Waals surface area contributed by atoms with E-state index in [0.29, 0.717) is 12.0 Å². The molecule has 0 amide bonds. The van der Waals surface area contributed by atoms with E-state index >= 15 is 0 Å². The molecule has 0 atom stereocenters. The third-order valence-electron chi connectivity index (χ3n) is 4.36. The molecule has 0 unspecified atom stereocenters. The Labute approximate surface area is 154 Å². The molecule has 0 spiro atoms. The highest BCUT2D eigenvalue weighted by Crippen LogP contribution is 2.25. The summed E-state index contributed by atoms with van der Waals surface area (Å²) in [5.41, 5.74) is -0.334. The van der Waals surface area contributed by atoms with Crippen molar-refractivity contribution in [3.8, 4) is 6.08 Å². The molecule has 0 N–H and O–H groups in total. The maximum atomic E-state index is 12.1. The van der Waals surface area contributed by atoms with Gasteiger partial charge in [0.15, 0.2) is 0 Å². The van der Waals surface area contributed by atoms with Crippen molar-refractivity contribution >= 4 is 21.6 Å². The molecule has 0 aromatic carbocycles. The second-order valence-corrected chi connectivity index (χ2v) is 7.74. The third kappa shape index (κ3) is 6.81. The first kappa shape index (κ1) is 20.0. The summed E-state index contributed by atoms with van der Waals surface area (Å²) in [4.78, 5) is 18.4. The summed E-state index contributed by atoms with van der Waals surface area (Å²) in [6, 6.07) is 1.94. The zero-order valence-electron chi connectivity index (χ0n) is 15.6. The maximum Gasteiger partial charge on any atom is 0.397 e. The molecule has 0 saturated carbocycles. The van der Waals surface area contributed by atoms with Crippen LogP contribution in [-0.2, 0) is 6.42 Å². The van der Waals surface area contributed by atoms with Crippen LogP contribution in [0, 0.1) is 0 Å². The Hall–Kier alpha value is -1.36. The highest BCUT2D eigenvalue weighted by atomic mass is 32.1. The number of unbranched alkanes of at least 4 members (excludes halogenated alkanes) is 8. The molecule has 0 fully saturated rings. The van der Waals surface area contributed by atoms with Gasteiger partial charge in [-0.05, 0) is 25.3 Å². The Bertz CT molecular complexity index is 677. The number of aromatic nitrogens is 1. The smallest absolute Gasteiger partial charge is 0.397 e. The van der Waals surface area contributed by atoms with E-state index in [9.17, 15) is 4.79 Å². The van der Waals surface area contributed by atoms with Crippen LogP contribution in [0.25, 0.3) is 10.2 Å². The minimum atomic E-state index is -0.334. The minimum Gasteiger partial charge on any atom is -0.450 e. The first-order valence-electron chi connectivity index (χ1n) is 9.81. The SMILES string of the molecule is CCCCCCCCc1cc2c(=O)oc(OCCCCCC)nc2s1. The van der Waals surface area contributed by atoms with Gasteiger partial charge in [0.05, 0.1) is 12.0 Å². The van der Waals surface area contributed by atoms with Crippen LogP contribution >= 0.6 is 11.3 Å². The van der Waals surface area contributed by atoms with Gasteiger partial charge in [-0.2, -0.15) is 4.98 Å². The lowest BCUT2D eigenvalue weighted by molar-refractivity contribution is 0.212. The number of thiophene rings is 1. The molecule has 0 bridgehead atoms. The minimum absolute atomic E-state index is 0.113. The van der Waals surface area contributed by atoms with Crippen molar-refractivity contribution in [1.82, 2.24) is 4.98 Å². The lowest BCUT2D eigenvalue weighted by Gasteiger charge is -2.02. The van der Waals surface area contributed by atoms with Crippen molar-refractivity contribution in [2.75, 3.05) is 6.61 Å². The van der Waals surface area contributed by atoms with Crippen LogP contribution in [0.1, 0.15) is 82.9 Å². The topological polar surface area (TPSA) is 52.3 Å². The van der Waals surface area contributed by atoms with Crippen molar-refractivity contribution in [2.24, 2.45) is 0 Å². The molecule has 0 radical (unpaired) electrons. The second kappa shape index (κ2) is 11.3. The number of nitrogens with zero attached hydrogens (tertiary/aromatic N) is 1. The molecule has 25 heavy (non-hydrogen) atoms. The van der Waals surface area contributed by atoms with Gasteiger partial charge in [0.25, 0.3) is 0 Å². The fourth-order valence-electron chi connectivity index (χ4n) is 2.85. The van der Waals surface area contributed by atoms with E-state index < -0.39 is 0 Å². The van der Waals surface area contributed by atoms with E-state index in [4.69, 9.17) is 9.15 Å². The number of fused-ring (bicyclic) bond motifs is 1. The average molecular weight is 366 g/mol. The molecule has 2 rings (SSSR count). The Balaban J connectivity index is 1.86. The largest absolute Gasteiger partial charge is 0.450 e. The number of ether oxygens (including phenoxy) is 1. The lowest BCUT2D eigenvalue weighted by Crippen LogP contribution is -2.05. The molecule has 5 heteroatoms. The first-order chi connectivity index (χ1) is 12.2. The summed E-state index contributed by atoms with van der Waals surface area (Å²) in [6.07, 6.45) is 13.3. The van der Waals surface area contributed by atoms with Crippen molar-refractivity contribution in [3.05, 3.63) is 21.4 Å². The van der Waals surface area contributed by atoms with Gasteiger partial charge in [-0.3, -0.25) is 0 Å². The monoisotopic (exact) mass is 365 g/mol. The Morgan fingerprint density at radius 3 is 2.44 bits per heavy atom. The predicted molar refractivity (Wildman–Crippen MR) is 105 cm³/mol. The summed E-state index contributed by atoms with van der Waals surface area (Å²) in [5.74, 6) is 0. The predicted octanol–water partition coefficient (Wildman–Crippen LogP) is 6.11. The van der Waals surface area contributed by atoms with Gasteiger partial charge in [0.1, 0.15) is 4.83 Å². The molecule has 2 aromatic rings. The summed E-state index contributed by atoms with van der Waals surface area (Å²) in [7, 11) is 0. The van der Waals surface area contributed by atoms with Gasteiger partial charge >= 0.3 is 11.7 Å². The molecule has 0 aliphatic carbocycles. The molecule has 2 heterocycles. The first-order valence-corrected chi connectivity index (χ1v) is 10.6. The van der Waals surface area contributed by atoms with Gasteiger partial charge in [0, 0.05) is 4.88 Å². The number of hydrogen-bond donors (Lipinski definition) is 0. The summed E-state index contributed by atoms with van der Waals surface area (Å²) >= 11 is 1.59. The fourth-order valence-corrected chi connectivity index (χ4v) is 3.90. The summed E-state index contributed by atoms with van der Waals surface area (Å²) in [5, 5.41) is 0.587. The number of rotatable bonds is 13. The van der Waals surface area contributed by atoms with Gasteiger partial charge in [-0.15, -0.1) is 11.3 Å². The van der Waals surface area contributed by atoms with Crippen molar-refractivity contribution in [2.45, 2.75) is 84.5 Å². The molecule has 0 saturated heterocycles. The van der Waals surface area contributed by atoms with Gasteiger partial charge in [-0.1, -0.05) is 65.2 Å². The fraction of sp³-hybridized carbons (Fsp3) is 0.700. The molecule has 2 aromatic heterocycles. The quantitative estimate of drug-likeness (QED) is 0.402. The zero-order chi connectivity index (χ0) is 17.9. The van der Waals surface area contributed by atoms with Crippen LogP contribution in [0.15, 0.2) is 15.3 Å². The van der Waals surface area contributed by atoms with E-state index in [-0.39, 0.29) is 11.7 Å². The second-order valence-electron chi connectivity index (χ2n) is 6.63. The molecule has 0 aliphatic heterocycles. The Morgan fingerprint density at radius 2 is 1.68 bits per heavy atom. The number of aryl methyl sites for hydroxylation is 1. The normalized spacial score (nSPS) is 11.3. The van der Waals surface area contributed by atoms with Crippen LogP contribution in [0.2, 0.25) is 0 Å². The van der Waals surface area contributed by atoms with Crippen LogP contribution in [-0.4, -0.2) is 11.6 Å². The van der Waals surface area contributed by atoms with Crippen molar-refractivity contribution in [1.29, 1.82) is 0 Å². The molecule has 140 valence electrons. The van der Waals surface area contributed by atoms with E-state index in [2.05, 4.69) is 18.8 Å².